The molecule has 0 bridgehead atoms. The molecule has 0 fully saturated rings. The average Bonchev–Trinajstić information content (AvgIpc) is 2.26. The smallest absolute Gasteiger partial charge is 0.350 e. The molecule has 90 valence electrons. The maximum atomic E-state index is 11.3. The van der Waals surface area contributed by atoms with Gasteiger partial charge in [-0.1, -0.05) is 0 Å². The van der Waals surface area contributed by atoms with E-state index in [2.05, 4.69) is 0 Å². The topological polar surface area (TPSA) is 53.3 Å². The van der Waals surface area contributed by atoms with E-state index < -0.39 is 5.97 Å². The fraction of sp³-hybridized carbons (Fsp3) is 0.600. The SMILES string of the molecule is CCOC(=O)C(C#N)=CN(CCCl)CCCl. The number of alkyl halides is 2. The molecule has 4 nitrogen and oxygen atoms in total. The fourth-order valence-corrected chi connectivity index (χ4v) is 1.41. The third kappa shape index (κ3) is 5.84. The first-order valence-corrected chi connectivity index (χ1v) is 5.91. The van der Waals surface area contributed by atoms with E-state index in [1.165, 1.54) is 6.20 Å². The summed E-state index contributed by atoms with van der Waals surface area (Å²) in [6.45, 7) is 2.97. The van der Waals surface area contributed by atoms with Crippen molar-refractivity contribution in [3.63, 3.8) is 0 Å². The van der Waals surface area contributed by atoms with Crippen molar-refractivity contribution >= 4 is 29.2 Å². The largest absolute Gasteiger partial charge is 0.462 e. The molecule has 0 unspecified atom stereocenters. The Morgan fingerprint density at radius 1 is 1.44 bits per heavy atom. The summed E-state index contributed by atoms with van der Waals surface area (Å²) in [4.78, 5) is 13.0. The van der Waals surface area contributed by atoms with Crippen LogP contribution in [-0.2, 0) is 9.53 Å². The Morgan fingerprint density at radius 2 is 2.00 bits per heavy atom. The molecule has 0 aliphatic rings. The number of halogens is 2. The van der Waals surface area contributed by atoms with Crippen LogP contribution in [0.15, 0.2) is 11.8 Å². The van der Waals surface area contributed by atoms with E-state index in [1.807, 2.05) is 0 Å². The van der Waals surface area contributed by atoms with Gasteiger partial charge in [-0.2, -0.15) is 5.26 Å². The fourth-order valence-electron chi connectivity index (χ4n) is 0.977. The van der Waals surface area contributed by atoms with Gasteiger partial charge in [-0.25, -0.2) is 4.79 Å². The summed E-state index contributed by atoms with van der Waals surface area (Å²) in [7, 11) is 0. The molecular formula is C10H14Cl2N2O2. The summed E-state index contributed by atoms with van der Waals surface area (Å²) in [5, 5.41) is 8.80. The molecule has 16 heavy (non-hydrogen) atoms. The van der Waals surface area contributed by atoms with Crippen LogP contribution in [0, 0.1) is 11.3 Å². The lowest BCUT2D eigenvalue weighted by molar-refractivity contribution is -0.138. The highest BCUT2D eigenvalue weighted by Gasteiger charge is 2.11. The summed E-state index contributed by atoms with van der Waals surface area (Å²) in [6, 6.07) is 1.79. The minimum Gasteiger partial charge on any atom is -0.462 e. The Bertz CT molecular complexity index is 281. The van der Waals surface area contributed by atoms with Crippen LogP contribution in [-0.4, -0.2) is 42.3 Å². The Kier molecular flexibility index (Phi) is 8.78. The zero-order valence-corrected chi connectivity index (χ0v) is 10.6. The van der Waals surface area contributed by atoms with E-state index in [1.54, 1.807) is 17.9 Å². The van der Waals surface area contributed by atoms with Crippen LogP contribution in [0.4, 0.5) is 0 Å². The van der Waals surface area contributed by atoms with Crippen LogP contribution in [0.5, 0.6) is 0 Å². The molecule has 0 spiro atoms. The zero-order chi connectivity index (χ0) is 12.4. The predicted octanol–water partition coefficient (Wildman–Crippen LogP) is 1.74. The summed E-state index contributed by atoms with van der Waals surface area (Å²) in [5.41, 5.74) is -0.0444. The number of nitriles is 1. The number of esters is 1. The van der Waals surface area contributed by atoms with Crippen molar-refractivity contribution in [3.05, 3.63) is 11.8 Å². The van der Waals surface area contributed by atoms with E-state index in [9.17, 15) is 4.79 Å². The van der Waals surface area contributed by atoms with Crippen LogP contribution >= 0.6 is 23.2 Å². The highest BCUT2D eigenvalue weighted by molar-refractivity contribution is 6.18. The van der Waals surface area contributed by atoms with Crippen molar-refractivity contribution in [2.75, 3.05) is 31.5 Å². The molecule has 0 rings (SSSR count). The van der Waals surface area contributed by atoms with E-state index >= 15 is 0 Å². The maximum absolute atomic E-state index is 11.3. The number of hydrogen-bond donors (Lipinski definition) is 0. The molecule has 6 heteroatoms. The van der Waals surface area contributed by atoms with Gasteiger partial charge in [0.15, 0.2) is 5.57 Å². The molecular weight excluding hydrogens is 251 g/mol. The van der Waals surface area contributed by atoms with E-state index in [0.717, 1.165) is 0 Å². The number of hydrogen-bond acceptors (Lipinski definition) is 4. The molecule has 0 N–H and O–H groups in total. The van der Waals surface area contributed by atoms with Crippen molar-refractivity contribution in [1.82, 2.24) is 4.90 Å². The predicted molar refractivity (Wildman–Crippen MR) is 63.3 cm³/mol. The van der Waals surface area contributed by atoms with Crippen LogP contribution in [0.3, 0.4) is 0 Å². The molecule has 0 heterocycles. The quantitative estimate of drug-likeness (QED) is 0.304. The Balaban J connectivity index is 4.62. The molecule has 0 aromatic heterocycles. The van der Waals surface area contributed by atoms with Gasteiger partial charge in [0.05, 0.1) is 6.61 Å². The monoisotopic (exact) mass is 264 g/mol. The van der Waals surface area contributed by atoms with Gasteiger partial charge < -0.3 is 9.64 Å². The van der Waals surface area contributed by atoms with Crippen molar-refractivity contribution in [1.29, 1.82) is 5.26 Å². The normalized spacial score (nSPS) is 10.8. The molecule has 0 atom stereocenters. The second kappa shape index (κ2) is 9.32. The standard InChI is InChI=1S/C10H14Cl2N2O2/c1-2-16-10(15)9(7-13)8-14(5-3-11)6-4-12/h8H,2-6H2,1H3. The van der Waals surface area contributed by atoms with Gasteiger partial charge in [0.1, 0.15) is 6.07 Å². The number of rotatable bonds is 7. The first-order valence-electron chi connectivity index (χ1n) is 4.84. The summed E-state index contributed by atoms with van der Waals surface area (Å²) in [5.74, 6) is 0.170. The van der Waals surface area contributed by atoms with Crippen LogP contribution < -0.4 is 0 Å². The maximum Gasteiger partial charge on any atom is 0.350 e. The second-order valence-corrected chi connectivity index (χ2v) is 3.54. The first kappa shape index (κ1) is 15.1. The van der Waals surface area contributed by atoms with E-state index in [4.69, 9.17) is 33.2 Å². The summed E-state index contributed by atoms with van der Waals surface area (Å²) < 4.78 is 4.73. The number of carbonyl (C=O) groups excluding carboxylic acids is 1. The molecule has 0 aromatic carbocycles. The van der Waals surface area contributed by atoms with E-state index in [0.29, 0.717) is 24.8 Å². The van der Waals surface area contributed by atoms with Crippen molar-refractivity contribution < 1.29 is 9.53 Å². The van der Waals surface area contributed by atoms with Gasteiger partial charge in [0.25, 0.3) is 0 Å². The molecule has 0 saturated heterocycles. The van der Waals surface area contributed by atoms with Gasteiger partial charge in [0, 0.05) is 31.0 Å². The minimum atomic E-state index is -0.626. The lowest BCUT2D eigenvalue weighted by atomic mass is 10.3. The van der Waals surface area contributed by atoms with Crippen molar-refractivity contribution in [3.8, 4) is 6.07 Å². The van der Waals surface area contributed by atoms with Crippen LogP contribution in [0.2, 0.25) is 0 Å². The molecule has 0 aromatic rings. The van der Waals surface area contributed by atoms with Crippen LogP contribution in [0.25, 0.3) is 0 Å². The number of carbonyl (C=O) groups is 1. The molecule has 0 aliphatic heterocycles. The zero-order valence-electron chi connectivity index (χ0n) is 9.08. The average molecular weight is 265 g/mol. The first-order chi connectivity index (χ1) is 7.69. The van der Waals surface area contributed by atoms with Gasteiger partial charge in [-0.15, -0.1) is 23.2 Å². The van der Waals surface area contributed by atoms with Gasteiger partial charge in [0.2, 0.25) is 0 Å². The van der Waals surface area contributed by atoms with Gasteiger partial charge in [-0.05, 0) is 6.92 Å². The van der Waals surface area contributed by atoms with Gasteiger partial charge in [-0.3, -0.25) is 0 Å². The minimum absolute atomic E-state index is 0.0444. The lowest BCUT2D eigenvalue weighted by Crippen LogP contribution is -2.24. The Hall–Kier alpha value is -0.920. The lowest BCUT2D eigenvalue weighted by Gasteiger charge is -2.17. The third-order valence-corrected chi connectivity index (χ3v) is 2.01. The highest BCUT2D eigenvalue weighted by Crippen LogP contribution is 2.02. The van der Waals surface area contributed by atoms with Crippen molar-refractivity contribution in [2.24, 2.45) is 0 Å². The number of ether oxygens (including phenoxy) is 1. The second-order valence-electron chi connectivity index (χ2n) is 2.79. The molecule has 0 amide bonds. The number of nitrogens with zero attached hydrogens (tertiary/aromatic N) is 2. The summed E-state index contributed by atoms with van der Waals surface area (Å²) in [6.07, 6.45) is 1.43. The molecule has 0 radical (unpaired) electrons. The summed E-state index contributed by atoms with van der Waals surface area (Å²) >= 11 is 11.2. The third-order valence-electron chi connectivity index (χ3n) is 1.67. The van der Waals surface area contributed by atoms with Crippen molar-refractivity contribution in [2.45, 2.75) is 6.92 Å². The molecule has 0 aliphatic carbocycles. The molecule has 0 saturated carbocycles. The Morgan fingerprint density at radius 3 is 2.38 bits per heavy atom. The van der Waals surface area contributed by atoms with E-state index in [-0.39, 0.29) is 12.2 Å². The van der Waals surface area contributed by atoms with Gasteiger partial charge >= 0.3 is 5.97 Å². The van der Waals surface area contributed by atoms with Crippen LogP contribution in [0.1, 0.15) is 6.92 Å². The Labute approximate surface area is 105 Å². The highest BCUT2D eigenvalue weighted by atomic mass is 35.5.